The molecule has 1 aliphatic rings. The van der Waals surface area contributed by atoms with E-state index in [4.69, 9.17) is 0 Å². The lowest BCUT2D eigenvalue weighted by Gasteiger charge is -2.36. The Morgan fingerprint density at radius 3 is 2.19 bits per heavy atom. The van der Waals surface area contributed by atoms with E-state index in [2.05, 4.69) is 47.8 Å². The molecule has 0 spiro atoms. The molecule has 6 nitrogen and oxygen atoms in total. The highest BCUT2D eigenvalue weighted by Crippen LogP contribution is 2.24. The lowest BCUT2D eigenvalue weighted by Crippen LogP contribution is -2.46. The molecule has 0 saturated carbocycles. The van der Waals surface area contributed by atoms with Crippen LogP contribution < -0.4 is 14.9 Å². The van der Waals surface area contributed by atoms with Crippen molar-refractivity contribution in [3.63, 3.8) is 0 Å². The van der Waals surface area contributed by atoms with Gasteiger partial charge in [-0.3, -0.25) is 4.72 Å². The Morgan fingerprint density at radius 2 is 1.61 bits per heavy atom. The van der Waals surface area contributed by atoms with Crippen molar-refractivity contribution in [1.82, 2.24) is 10.2 Å². The van der Waals surface area contributed by atoms with E-state index in [1.54, 1.807) is 30.3 Å². The molecule has 31 heavy (non-hydrogen) atoms. The summed E-state index contributed by atoms with van der Waals surface area (Å²) in [7, 11) is 0.687. The maximum Gasteiger partial charge on any atom is 0.261 e. The number of piperidine rings is 1. The molecule has 7 heteroatoms. The average Bonchev–Trinajstić information content (AvgIpc) is 2.73. The SMILES string of the molecule is CN(C)CC(C)(C)CNC1CCN(c2ccc(NS(=O)(=O)c3ccccc3)cc2)CC1. The van der Waals surface area contributed by atoms with Crippen LogP contribution in [0.2, 0.25) is 0 Å². The topological polar surface area (TPSA) is 64.7 Å². The van der Waals surface area contributed by atoms with Gasteiger partial charge >= 0.3 is 0 Å². The van der Waals surface area contributed by atoms with Crippen LogP contribution in [-0.2, 0) is 10.0 Å². The zero-order valence-corrected chi connectivity index (χ0v) is 20.0. The predicted octanol–water partition coefficient (Wildman–Crippen LogP) is 3.63. The Labute approximate surface area is 187 Å². The minimum Gasteiger partial charge on any atom is -0.371 e. The van der Waals surface area contributed by atoms with Gasteiger partial charge in [-0.1, -0.05) is 32.0 Å². The van der Waals surface area contributed by atoms with Crippen LogP contribution in [0.25, 0.3) is 0 Å². The Kier molecular flexibility index (Phi) is 7.62. The summed E-state index contributed by atoms with van der Waals surface area (Å²) in [6, 6.07) is 16.7. The van der Waals surface area contributed by atoms with Crippen molar-refractivity contribution in [1.29, 1.82) is 0 Å². The van der Waals surface area contributed by atoms with E-state index < -0.39 is 10.0 Å². The molecule has 0 unspecified atom stereocenters. The predicted molar refractivity (Wildman–Crippen MR) is 129 cm³/mol. The summed E-state index contributed by atoms with van der Waals surface area (Å²) in [6.07, 6.45) is 2.22. The Hall–Kier alpha value is -2.09. The molecule has 0 aromatic heterocycles. The molecule has 0 amide bonds. The van der Waals surface area contributed by atoms with Crippen molar-refractivity contribution in [3.8, 4) is 0 Å². The number of sulfonamides is 1. The lowest BCUT2D eigenvalue weighted by atomic mass is 9.92. The van der Waals surface area contributed by atoms with Gasteiger partial charge in [0.15, 0.2) is 0 Å². The van der Waals surface area contributed by atoms with Crippen LogP contribution >= 0.6 is 0 Å². The van der Waals surface area contributed by atoms with Gasteiger partial charge in [-0.25, -0.2) is 8.42 Å². The van der Waals surface area contributed by atoms with E-state index in [9.17, 15) is 8.42 Å². The zero-order chi connectivity index (χ0) is 22.5. The van der Waals surface area contributed by atoms with E-state index in [1.165, 1.54) is 0 Å². The number of hydrogen-bond donors (Lipinski definition) is 2. The molecule has 3 rings (SSSR count). The number of hydrogen-bond acceptors (Lipinski definition) is 5. The molecular weight excluding hydrogens is 408 g/mol. The number of nitrogens with one attached hydrogen (secondary N) is 2. The standard InChI is InChI=1S/C24H36N4O2S/c1-24(2,19-27(3)4)18-25-20-14-16-28(17-15-20)22-12-10-21(11-13-22)26-31(29,30)23-8-6-5-7-9-23/h5-13,20,25-26H,14-19H2,1-4H3. The van der Waals surface area contributed by atoms with Crippen molar-refractivity contribution in [2.75, 3.05) is 49.9 Å². The second-order valence-corrected chi connectivity index (χ2v) is 11.2. The number of nitrogens with zero attached hydrogens (tertiary/aromatic N) is 2. The van der Waals surface area contributed by atoms with Gasteiger partial charge < -0.3 is 15.1 Å². The second kappa shape index (κ2) is 10.0. The molecule has 2 aromatic carbocycles. The largest absolute Gasteiger partial charge is 0.371 e. The average molecular weight is 445 g/mol. The minimum atomic E-state index is -3.56. The van der Waals surface area contributed by atoms with E-state index >= 15 is 0 Å². The maximum absolute atomic E-state index is 12.5. The van der Waals surface area contributed by atoms with Gasteiger partial charge in [-0.15, -0.1) is 0 Å². The normalized spacial score (nSPS) is 16.0. The fraction of sp³-hybridized carbons (Fsp3) is 0.500. The molecule has 0 aliphatic carbocycles. The highest BCUT2D eigenvalue weighted by molar-refractivity contribution is 7.92. The third-order valence-corrected chi connectivity index (χ3v) is 7.04. The molecule has 0 atom stereocenters. The van der Waals surface area contributed by atoms with Crippen molar-refractivity contribution in [3.05, 3.63) is 54.6 Å². The Morgan fingerprint density at radius 1 is 1.00 bits per heavy atom. The van der Waals surface area contributed by atoms with Crippen LogP contribution in [0.3, 0.4) is 0 Å². The lowest BCUT2D eigenvalue weighted by molar-refractivity contribution is 0.220. The van der Waals surface area contributed by atoms with Crippen molar-refractivity contribution >= 4 is 21.4 Å². The highest BCUT2D eigenvalue weighted by Gasteiger charge is 2.24. The summed E-state index contributed by atoms with van der Waals surface area (Å²) in [4.78, 5) is 4.88. The number of anilines is 2. The van der Waals surface area contributed by atoms with Crippen LogP contribution in [0.5, 0.6) is 0 Å². The molecule has 0 bridgehead atoms. The molecule has 170 valence electrons. The summed E-state index contributed by atoms with van der Waals surface area (Å²) in [5, 5.41) is 3.76. The summed E-state index contributed by atoms with van der Waals surface area (Å²) >= 11 is 0. The Bertz CT molecular complexity index is 920. The molecule has 2 N–H and O–H groups in total. The first-order chi connectivity index (χ1) is 14.6. The van der Waals surface area contributed by atoms with Crippen LogP contribution in [0.1, 0.15) is 26.7 Å². The fourth-order valence-electron chi connectivity index (χ4n) is 4.23. The molecule has 1 saturated heterocycles. The van der Waals surface area contributed by atoms with Gasteiger partial charge in [0.2, 0.25) is 0 Å². The molecule has 2 aromatic rings. The molecule has 1 heterocycles. The van der Waals surface area contributed by atoms with Crippen LogP contribution in [-0.4, -0.2) is 59.6 Å². The van der Waals surface area contributed by atoms with Crippen molar-refractivity contribution in [2.45, 2.75) is 37.6 Å². The minimum absolute atomic E-state index is 0.254. The fourth-order valence-corrected chi connectivity index (χ4v) is 5.31. The quantitative estimate of drug-likeness (QED) is 0.618. The number of rotatable bonds is 9. The number of benzene rings is 2. The van der Waals surface area contributed by atoms with E-state index in [0.717, 1.165) is 44.7 Å². The van der Waals surface area contributed by atoms with E-state index in [0.29, 0.717) is 11.7 Å². The van der Waals surface area contributed by atoms with Crippen molar-refractivity contribution < 1.29 is 8.42 Å². The van der Waals surface area contributed by atoms with Gasteiger partial charge in [0, 0.05) is 43.6 Å². The third-order valence-electron chi connectivity index (χ3n) is 5.65. The summed E-state index contributed by atoms with van der Waals surface area (Å²) in [5.74, 6) is 0. The molecule has 1 fully saturated rings. The second-order valence-electron chi connectivity index (χ2n) is 9.51. The van der Waals surface area contributed by atoms with Gasteiger partial charge in [-0.2, -0.15) is 0 Å². The smallest absolute Gasteiger partial charge is 0.261 e. The van der Waals surface area contributed by atoms with Crippen LogP contribution in [0, 0.1) is 5.41 Å². The van der Waals surface area contributed by atoms with Crippen LogP contribution in [0.4, 0.5) is 11.4 Å². The maximum atomic E-state index is 12.5. The van der Waals surface area contributed by atoms with E-state index in [-0.39, 0.29) is 10.3 Å². The van der Waals surface area contributed by atoms with Gasteiger partial charge in [0.05, 0.1) is 4.90 Å². The summed E-state index contributed by atoms with van der Waals surface area (Å²) < 4.78 is 27.6. The first kappa shape index (κ1) is 23.6. The summed E-state index contributed by atoms with van der Waals surface area (Å²) in [5.41, 5.74) is 1.96. The highest BCUT2D eigenvalue weighted by atomic mass is 32.2. The third kappa shape index (κ3) is 6.95. The molecular formula is C24H36N4O2S. The molecule has 1 aliphatic heterocycles. The van der Waals surface area contributed by atoms with Gasteiger partial charge in [0.1, 0.15) is 0 Å². The van der Waals surface area contributed by atoms with Crippen molar-refractivity contribution in [2.24, 2.45) is 5.41 Å². The van der Waals surface area contributed by atoms with Crippen LogP contribution in [0.15, 0.2) is 59.5 Å². The first-order valence-corrected chi connectivity index (χ1v) is 12.4. The summed E-state index contributed by atoms with van der Waals surface area (Å²) in [6.45, 7) is 8.71. The van der Waals surface area contributed by atoms with Gasteiger partial charge in [0.25, 0.3) is 10.0 Å². The monoisotopic (exact) mass is 444 g/mol. The van der Waals surface area contributed by atoms with E-state index in [1.807, 2.05) is 24.3 Å². The zero-order valence-electron chi connectivity index (χ0n) is 19.1. The molecule has 0 radical (unpaired) electrons. The van der Waals surface area contributed by atoms with Gasteiger partial charge in [-0.05, 0) is 68.8 Å². The Balaban J connectivity index is 1.50. The first-order valence-electron chi connectivity index (χ1n) is 11.0.